The van der Waals surface area contributed by atoms with Crippen LogP contribution in [-0.4, -0.2) is 70.9 Å². The molecule has 1 atom stereocenters. The van der Waals surface area contributed by atoms with E-state index < -0.39 is 0 Å². The summed E-state index contributed by atoms with van der Waals surface area (Å²) in [6, 6.07) is 0. The molecule has 3 rings (SSSR count). The molecule has 3 heterocycles. The highest BCUT2D eigenvalue weighted by molar-refractivity contribution is 7.09. The molecule has 0 amide bonds. The summed E-state index contributed by atoms with van der Waals surface area (Å²) in [6.07, 6.45) is 1.98. The molecule has 2 aliphatic heterocycles. The van der Waals surface area contributed by atoms with Gasteiger partial charge in [0.2, 0.25) is 0 Å². The van der Waals surface area contributed by atoms with Crippen LogP contribution in [0.25, 0.3) is 0 Å². The van der Waals surface area contributed by atoms with Crippen molar-refractivity contribution < 1.29 is 9.84 Å². The van der Waals surface area contributed by atoms with Gasteiger partial charge < -0.3 is 14.7 Å². The fraction of sp³-hybridized carbons (Fsp3) is 0.812. The third kappa shape index (κ3) is 3.68. The van der Waals surface area contributed by atoms with Crippen molar-refractivity contribution in [3.8, 4) is 0 Å². The second kappa shape index (κ2) is 6.93. The number of hydrogen-bond donors (Lipinski definition) is 1. The molecule has 6 heteroatoms. The Morgan fingerprint density at radius 2 is 2.18 bits per heavy atom. The lowest BCUT2D eigenvalue weighted by Gasteiger charge is -2.51. The molecule has 124 valence electrons. The molecule has 2 fully saturated rings. The number of likely N-dealkylation sites (tertiary alicyclic amines) is 1. The molecule has 1 unspecified atom stereocenters. The Morgan fingerprint density at radius 3 is 2.82 bits per heavy atom. The maximum Gasteiger partial charge on any atom is 0.0897 e. The van der Waals surface area contributed by atoms with E-state index in [0.29, 0.717) is 0 Å². The van der Waals surface area contributed by atoms with E-state index in [1.165, 1.54) is 5.69 Å². The van der Waals surface area contributed by atoms with Crippen LogP contribution < -0.4 is 0 Å². The van der Waals surface area contributed by atoms with E-state index in [1.807, 2.05) is 6.92 Å². The maximum atomic E-state index is 9.57. The molecule has 0 bridgehead atoms. The Kier molecular flexibility index (Phi) is 5.14. The van der Waals surface area contributed by atoms with Gasteiger partial charge in [0.05, 0.1) is 30.0 Å². The van der Waals surface area contributed by atoms with Crippen LogP contribution >= 0.6 is 11.3 Å². The topological polar surface area (TPSA) is 48.8 Å². The van der Waals surface area contributed by atoms with Crippen molar-refractivity contribution in [2.45, 2.75) is 44.9 Å². The number of piperidine rings is 1. The van der Waals surface area contributed by atoms with Crippen LogP contribution in [0.1, 0.15) is 30.5 Å². The number of aliphatic hydroxyl groups excluding tert-OH is 1. The first-order chi connectivity index (χ1) is 10.6. The molecule has 1 aromatic rings. The monoisotopic (exact) mass is 325 g/mol. The summed E-state index contributed by atoms with van der Waals surface area (Å²) < 4.78 is 5.82. The highest BCUT2D eigenvalue weighted by Gasteiger charge is 2.42. The number of nitrogens with zero attached hydrogens (tertiary/aromatic N) is 3. The minimum Gasteiger partial charge on any atom is -0.392 e. The smallest absolute Gasteiger partial charge is 0.0897 e. The molecule has 1 N–H and O–H groups in total. The molecule has 1 spiro atoms. The van der Waals surface area contributed by atoms with Gasteiger partial charge in [-0.1, -0.05) is 0 Å². The molecule has 2 aliphatic rings. The van der Waals surface area contributed by atoms with Crippen LogP contribution in [0.15, 0.2) is 5.38 Å². The predicted octanol–water partition coefficient (Wildman–Crippen LogP) is 1.50. The van der Waals surface area contributed by atoms with Gasteiger partial charge in [-0.25, -0.2) is 4.98 Å². The first-order valence-electron chi connectivity index (χ1n) is 8.22. The fourth-order valence-corrected chi connectivity index (χ4v) is 4.28. The van der Waals surface area contributed by atoms with E-state index in [2.05, 4.69) is 27.1 Å². The third-order valence-corrected chi connectivity index (χ3v) is 5.70. The summed E-state index contributed by atoms with van der Waals surface area (Å²) in [5.74, 6) is 0. The van der Waals surface area contributed by atoms with Crippen LogP contribution in [0, 0.1) is 6.92 Å². The van der Waals surface area contributed by atoms with Gasteiger partial charge in [-0.05, 0) is 26.7 Å². The minimum atomic E-state index is -0.245. The summed E-state index contributed by atoms with van der Waals surface area (Å²) in [7, 11) is 0. The lowest BCUT2D eigenvalue weighted by Crippen LogP contribution is -2.61. The zero-order valence-corrected chi connectivity index (χ0v) is 14.4. The molecule has 0 radical (unpaired) electrons. The van der Waals surface area contributed by atoms with E-state index in [-0.39, 0.29) is 11.6 Å². The lowest BCUT2D eigenvalue weighted by atomic mass is 9.85. The van der Waals surface area contributed by atoms with E-state index in [1.54, 1.807) is 11.3 Å². The molecule has 0 aliphatic carbocycles. The number of hydrogen-bond acceptors (Lipinski definition) is 6. The number of β-amino-alcohol motifs (C(OH)–C–C–N with tert-alkyl or cyclic N) is 1. The Balaban J connectivity index is 1.65. The summed E-state index contributed by atoms with van der Waals surface area (Å²) in [6.45, 7) is 10.4. The highest BCUT2D eigenvalue weighted by atomic mass is 32.1. The number of morpholine rings is 1. The second-order valence-electron chi connectivity index (χ2n) is 6.71. The largest absolute Gasteiger partial charge is 0.392 e. The van der Waals surface area contributed by atoms with Crippen molar-refractivity contribution in [3.63, 3.8) is 0 Å². The zero-order chi connectivity index (χ0) is 15.6. The molecular weight excluding hydrogens is 298 g/mol. The Labute approximate surface area is 136 Å². The SMILES string of the molecule is Cc1nc(CN2CCOCC23CCN(CC(C)O)CC3)cs1. The lowest BCUT2D eigenvalue weighted by molar-refractivity contribution is -0.101. The van der Waals surface area contributed by atoms with E-state index in [0.717, 1.165) is 63.8 Å². The van der Waals surface area contributed by atoms with E-state index >= 15 is 0 Å². The number of aromatic nitrogens is 1. The first-order valence-corrected chi connectivity index (χ1v) is 9.10. The summed E-state index contributed by atoms with van der Waals surface area (Å²) in [5, 5.41) is 12.9. The van der Waals surface area contributed by atoms with Crippen LogP contribution in [0.4, 0.5) is 0 Å². The summed E-state index contributed by atoms with van der Waals surface area (Å²) in [5.41, 5.74) is 1.35. The Morgan fingerprint density at radius 1 is 1.41 bits per heavy atom. The zero-order valence-electron chi connectivity index (χ0n) is 13.6. The van der Waals surface area contributed by atoms with Crippen LogP contribution in [0.5, 0.6) is 0 Å². The van der Waals surface area contributed by atoms with Crippen molar-refractivity contribution in [1.82, 2.24) is 14.8 Å². The quantitative estimate of drug-likeness (QED) is 0.909. The summed E-state index contributed by atoms with van der Waals surface area (Å²) >= 11 is 1.73. The number of ether oxygens (including phenoxy) is 1. The van der Waals surface area contributed by atoms with Gasteiger partial charge in [-0.2, -0.15) is 0 Å². The van der Waals surface area contributed by atoms with Crippen LogP contribution in [0.3, 0.4) is 0 Å². The molecule has 0 aromatic carbocycles. The molecule has 2 saturated heterocycles. The minimum absolute atomic E-state index is 0.158. The van der Waals surface area contributed by atoms with Gasteiger partial charge in [0.15, 0.2) is 0 Å². The fourth-order valence-electron chi connectivity index (χ4n) is 3.67. The van der Waals surface area contributed by atoms with Gasteiger partial charge in [-0.3, -0.25) is 4.90 Å². The first kappa shape index (κ1) is 16.3. The van der Waals surface area contributed by atoms with Gasteiger partial charge in [0.25, 0.3) is 0 Å². The van der Waals surface area contributed by atoms with Crippen LogP contribution in [0.2, 0.25) is 0 Å². The average molecular weight is 325 g/mol. The van der Waals surface area contributed by atoms with Crippen molar-refractivity contribution in [3.05, 3.63) is 16.1 Å². The van der Waals surface area contributed by atoms with Crippen LogP contribution in [-0.2, 0) is 11.3 Å². The van der Waals surface area contributed by atoms with Gasteiger partial charge in [-0.15, -0.1) is 11.3 Å². The Hall–Kier alpha value is -0.530. The van der Waals surface area contributed by atoms with Gasteiger partial charge in [0.1, 0.15) is 0 Å². The number of aliphatic hydroxyl groups is 1. The highest BCUT2D eigenvalue weighted by Crippen LogP contribution is 2.33. The molecule has 22 heavy (non-hydrogen) atoms. The van der Waals surface area contributed by atoms with Crippen molar-refractivity contribution >= 4 is 11.3 Å². The number of thiazole rings is 1. The predicted molar refractivity (Wildman–Crippen MR) is 88.2 cm³/mol. The molecule has 5 nitrogen and oxygen atoms in total. The number of rotatable bonds is 4. The average Bonchev–Trinajstić information content (AvgIpc) is 2.89. The molecule has 1 aromatic heterocycles. The van der Waals surface area contributed by atoms with E-state index in [4.69, 9.17) is 4.74 Å². The molecular formula is C16H27N3O2S. The van der Waals surface area contributed by atoms with Crippen molar-refractivity contribution in [1.29, 1.82) is 0 Å². The van der Waals surface area contributed by atoms with Crippen molar-refractivity contribution in [2.75, 3.05) is 39.4 Å². The van der Waals surface area contributed by atoms with E-state index in [9.17, 15) is 5.11 Å². The third-order valence-electron chi connectivity index (χ3n) is 4.88. The molecule has 0 saturated carbocycles. The van der Waals surface area contributed by atoms with Crippen molar-refractivity contribution in [2.24, 2.45) is 0 Å². The standard InChI is InChI=1S/C16H27N3O2S/c1-13(20)9-18-5-3-16(4-6-18)12-21-8-7-19(16)10-15-11-22-14(2)17-15/h11,13,20H,3-10,12H2,1-2H3. The van der Waals surface area contributed by atoms with Gasteiger partial charge >= 0.3 is 0 Å². The second-order valence-corrected chi connectivity index (χ2v) is 7.77. The normalized spacial score (nSPS) is 24.7. The van der Waals surface area contributed by atoms with Gasteiger partial charge in [0, 0.05) is 43.6 Å². The number of aryl methyl sites for hydroxylation is 1. The maximum absolute atomic E-state index is 9.57. The summed E-state index contributed by atoms with van der Waals surface area (Å²) in [4.78, 5) is 9.59. The Bertz CT molecular complexity index is 483.